The van der Waals surface area contributed by atoms with E-state index >= 15 is 0 Å². The fourth-order valence-corrected chi connectivity index (χ4v) is 4.53. The summed E-state index contributed by atoms with van der Waals surface area (Å²) in [6, 6.07) is 16.1. The first-order chi connectivity index (χ1) is 17.8. The summed E-state index contributed by atoms with van der Waals surface area (Å²) in [6.07, 6.45) is 0. The molecule has 0 saturated carbocycles. The first-order valence-corrected chi connectivity index (χ1v) is 12.0. The number of benzene rings is 3. The van der Waals surface area contributed by atoms with Crippen molar-refractivity contribution in [1.29, 1.82) is 0 Å². The molecular weight excluding hydrogens is 498 g/mol. The number of hydrogen-bond donors (Lipinski definition) is 0. The average molecular weight is 524 g/mol. The van der Waals surface area contributed by atoms with Gasteiger partial charge in [-0.05, 0) is 36.4 Å². The highest BCUT2D eigenvalue weighted by Crippen LogP contribution is 2.28. The van der Waals surface area contributed by atoms with Crippen LogP contribution in [0.4, 0.5) is 5.69 Å². The number of methoxy groups -OCH3 is 2. The van der Waals surface area contributed by atoms with Gasteiger partial charge in [-0.15, -0.1) is 0 Å². The number of nitro benzene ring substituents is 1. The Balaban J connectivity index is 1.48. The number of ketones is 1. The first-order valence-electron chi connectivity index (χ1n) is 11.6. The number of carbonyl (C=O) groups excluding carboxylic acids is 2. The molecule has 0 spiro atoms. The van der Waals surface area contributed by atoms with Gasteiger partial charge in [-0.1, -0.05) is 29.8 Å². The molecule has 1 aliphatic rings. The maximum absolute atomic E-state index is 13.4. The van der Waals surface area contributed by atoms with Crippen LogP contribution < -0.4 is 9.47 Å². The lowest BCUT2D eigenvalue weighted by Crippen LogP contribution is -2.48. The predicted octanol–water partition coefficient (Wildman–Crippen LogP) is 4.45. The zero-order valence-electron chi connectivity index (χ0n) is 20.5. The van der Waals surface area contributed by atoms with Crippen molar-refractivity contribution in [3.8, 4) is 11.5 Å². The van der Waals surface area contributed by atoms with E-state index in [-0.39, 0.29) is 33.3 Å². The lowest BCUT2D eigenvalue weighted by atomic mass is 9.97. The largest absolute Gasteiger partial charge is 0.497 e. The van der Waals surface area contributed by atoms with Crippen LogP contribution in [0.25, 0.3) is 0 Å². The Hall–Kier alpha value is -3.95. The third-order valence-electron chi connectivity index (χ3n) is 6.35. The van der Waals surface area contributed by atoms with E-state index in [0.717, 1.165) is 23.1 Å². The first kappa shape index (κ1) is 26.1. The van der Waals surface area contributed by atoms with Gasteiger partial charge in [0.1, 0.15) is 16.5 Å². The summed E-state index contributed by atoms with van der Waals surface area (Å²) < 4.78 is 10.8. The van der Waals surface area contributed by atoms with Crippen molar-refractivity contribution in [3.63, 3.8) is 0 Å². The molecule has 0 aliphatic carbocycles. The van der Waals surface area contributed by atoms with Crippen LogP contribution >= 0.6 is 11.6 Å². The van der Waals surface area contributed by atoms with Crippen LogP contribution in [0.3, 0.4) is 0 Å². The topological polar surface area (TPSA) is 102 Å². The molecule has 0 aromatic heterocycles. The molecule has 192 valence electrons. The highest BCUT2D eigenvalue weighted by Gasteiger charge is 2.27. The molecule has 4 rings (SSSR count). The minimum Gasteiger partial charge on any atom is -0.497 e. The third kappa shape index (κ3) is 5.73. The van der Waals surface area contributed by atoms with E-state index in [0.29, 0.717) is 32.7 Å². The quantitative estimate of drug-likeness (QED) is 0.244. The van der Waals surface area contributed by atoms with Crippen LogP contribution in [0.5, 0.6) is 11.5 Å². The number of carbonyl (C=O) groups is 2. The number of hydrogen-bond acceptors (Lipinski definition) is 7. The monoisotopic (exact) mass is 523 g/mol. The Bertz CT molecular complexity index is 1340. The van der Waals surface area contributed by atoms with Crippen LogP contribution in [0, 0.1) is 10.1 Å². The summed E-state index contributed by atoms with van der Waals surface area (Å²) >= 11 is 5.89. The molecule has 0 radical (unpaired) electrons. The summed E-state index contributed by atoms with van der Waals surface area (Å²) in [7, 11) is 3.25. The summed E-state index contributed by atoms with van der Waals surface area (Å²) in [4.78, 5) is 41.2. The predicted molar refractivity (Wildman–Crippen MR) is 139 cm³/mol. The fraction of sp³-hybridized carbons (Fsp3) is 0.259. The molecule has 37 heavy (non-hydrogen) atoms. The van der Waals surface area contributed by atoms with Gasteiger partial charge >= 0.3 is 0 Å². The van der Waals surface area contributed by atoms with E-state index in [1.807, 2.05) is 18.2 Å². The molecule has 1 saturated heterocycles. The maximum atomic E-state index is 13.4. The van der Waals surface area contributed by atoms with Gasteiger partial charge in [0, 0.05) is 55.5 Å². The molecule has 1 aliphatic heterocycles. The van der Waals surface area contributed by atoms with E-state index in [1.54, 1.807) is 43.4 Å². The molecule has 0 unspecified atom stereocenters. The number of nitrogens with zero attached hydrogens (tertiary/aromatic N) is 3. The maximum Gasteiger partial charge on any atom is 0.288 e. The van der Waals surface area contributed by atoms with E-state index in [9.17, 15) is 19.7 Å². The van der Waals surface area contributed by atoms with Gasteiger partial charge < -0.3 is 14.4 Å². The van der Waals surface area contributed by atoms with Crippen LogP contribution in [0.2, 0.25) is 5.02 Å². The normalized spacial score (nSPS) is 13.8. The molecule has 3 aromatic rings. The van der Waals surface area contributed by atoms with Gasteiger partial charge in [0.05, 0.1) is 24.7 Å². The lowest BCUT2D eigenvalue weighted by Gasteiger charge is -2.35. The van der Waals surface area contributed by atoms with E-state index in [2.05, 4.69) is 4.90 Å². The Kier molecular flexibility index (Phi) is 8.05. The molecule has 0 bridgehead atoms. The van der Waals surface area contributed by atoms with E-state index in [1.165, 1.54) is 12.1 Å². The smallest absolute Gasteiger partial charge is 0.288 e. The fourth-order valence-electron chi connectivity index (χ4n) is 4.34. The number of amides is 1. The average Bonchev–Trinajstić information content (AvgIpc) is 2.92. The molecule has 1 amide bonds. The van der Waals surface area contributed by atoms with Gasteiger partial charge in [0.25, 0.3) is 11.6 Å². The molecule has 3 aromatic carbocycles. The molecule has 1 fully saturated rings. The third-order valence-corrected chi connectivity index (χ3v) is 6.67. The van der Waals surface area contributed by atoms with Gasteiger partial charge in [-0.2, -0.15) is 0 Å². The van der Waals surface area contributed by atoms with Crippen molar-refractivity contribution in [1.82, 2.24) is 9.80 Å². The molecule has 0 N–H and O–H groups in total. The molecular formula is C27H26ClN3O6. The molecule has 10 heteroatoms. The van der Waals surface area contributed by atoms with E-state index < -0.39 is 10.7 Å². The lowest BCUT2D eigenvalue weighted by molar-refractivity contribution is -0.384. The van der Waals surface area contributed by atoms with Crippen molar-refractivity contribution < 1.29 is 24.0 Å². The van der Waals surface area contributed by atoms with Crippen molar-refractivity contribution in [2.75, 3.05) is 40.4 Å². The second kappa shape index (κ2) is 11.4. The Morgan fingerprint density at radius 1 is 0.946 bits per heavy atom. The SMILES string of the molecule is COc1ccc(OC)c(CN2CCN(C(=O)c3ccccc3C(=O)c3ccc(Cl)c([N+](=O)[O-])c3)CC2)c1. The number of rotatable bonds is 8. The molecule has 9 nitrogen and oxygen atoms in total. The summed E-state index contributed by atoms with van der Waals surface area (Å²) in [6.45, 7) is 2.91. The van der Waals surface area contributed by atoms with Crippen molar-refractivity contribution in [2.45, 2.75) is 6.54 Å². The Labute approximate surface area is 219 Å². The van der Waals surface area contributed by atoms with Gasteiger partial charge in [0.15, 0.2) is 5.78 Å². The number of halogens is 1. The number of nitro groups is 1. The number of ether oxygens (including phenoxy) is 2. The zero-order valence-corrected chi connectivity index (χ0v) is 21.2. The van der Waals surface area contributed by atoms with Gasteiger partial charge in [0.2, 0.25) is 0 Å². The van der Waals surface area contributed by atoms with Crippen molar-refractivity contribution in [3.05, 3.63) is 98.1 Å². The highest BCUT2D eigenvalue weighted by atomic mass is 35.5. The van der Waals surface area contributed by atoms with Crippen molar-refractivity contribution >= 4 is 29.0 Å². The van der Waals surface area contributed by atoms with Crippen LogP contribution in [-0.2, 0) is 6.54 Å². The standard InChI is InChI=1S/C27H26ClN3O6/c1-36-20-8-10-25(37-2)19(15-20)17-29-11-13-30(14-12-29)27(33)22-6-4-3-5-21(22)26(32)18-7-9-23(28)24(16-18)31(34)35/h3-10,15-16H,11-14,17H2,1-2H3. The Morgan fingerprint density at radius 3 is 2.30 bits per heavy atom. The summed E-state index contributed by atoms with van der Waals surface area (Å²) in [5, 5.41) is 11.2. The second-order valence-electron chi connectivity index (χ2n) is 8.54. The zero-order chi connectivity index (χ0) is 26.5. The minimum absolute atomic E-state index is 0.0599. The Morgan fingerprint density at radius 2 is 1.65 bits per heavy atom. The van der Waals surface area contributed by atoms with Crippen LogP contribution in [-0.4, -0.2) is 66.8 Å². The second-order valence-corrected chi connectivity index (χ2v) is 8.95. The summed E-state index contributed by atoms with van der Waals surface area (Å²) in [5.41, 5.74) is 1.17. The van der Waals surface area contributed by atoms with Crippen molar-refractivity contribution in [2.24, 2.45) is 0 Å². The molecule has 0 atom stereocenters. The number of piperazine rings is 1. The van der Waals surface area contributed by atoms with Gasteiger partial charge in [-0.25, -0.2) is 0 Å². The van der Waals surface area contributed by atoms with Gasteiger partial charge in [-0.3, -0.25) is 24.6 Å². The summed E-state index contributed by atoms with van der Waals surface area (Å²) in [5.74, 6) is 0.782. The van der Waals surface area contributed by atoms with Crippen LogP contribution in [0.1, 0.15) is 31.8 Å². The van der Waals surface area contributed by atoms with Crippen LogP contribution in [0.15, 0.2) is 60.7 Å². The minimum atomic E-state index is -0.642. The highest BCUT2D eigenvalue weighted by molar-refractivity contribution is 6.33. The molecule has 1 heterocycles. The van der Waals surface area contributed by atoms with E-state index in [4.69, 9.17) is 21.1 Å².